The number of hydrogen-bond acceptors (Lipinski definition) is 6. The number of aromatic nitrogens is 1. The number of carbonyl (C=O) groups excluding carboxylic acids is 1. The van der Waals surface area contributed by atoms with Crippen LogP contribution in [0.2, 0.25) is 0 Å². The summed E-state index contributed by atoms with van der Waals surface area (Å²) in [6.45, 7) is 2.13. The molecule has 3 rings (SSSR count). The molecule has 1 aliphatic rings. The number of hydrogen-bond donors (Lipinski definition) is 1. The molecule has 142 valence electrons. The maximum atomic E-state index is 12.5. The van der Waals surface area contributed by atoms with Crippen LogP contribution >= 0.6 is 0 Å². The second kappa shape index (κ2) is 8.26. The molecule has 1 atom stereocenters. The van der Waals surface area contributed by atoms with E-state index in [1.54, 1.807) is 12.1 Å². The lowest BCUT2D eigenvalue weighted by Crippen LogP contribution is -2.37. The fourth-order valence-electron chi connectivity index (χ4n) is 2.96. The van der Waals surface area contributed by atoms with Crippen molar-refractivity contribution < 1.29 is 18.7 Å². The number of benzene rings is 1. The van der Waals surface area contributed by atoms with Crippen molar-refractivity contribution in [3.05, 3.63) is 59.4 Å². The summed E-state index contributed by atoms with van der Waals surface area (Å²) in [6, 6.07) is 10.9. The van der Waals surface area contributed by atoms with Gasteiger partial charge in [-0.15, -0.1) is 0 Å². The van der Waals surface area contributed by atoms with Crippen LogP contribution in [0.5, 0.6) is 5.75 Å². The zero-order chi connectivity index (χ0) is 19.3. The highest BCUT2D eigenvalue weighted by Gasteiger charge is 2.30. The number of aliphatic imine (C=N–C) groups is 1. The van der Waals surface area contributed by atoms with Crippen molar-refractivity contribution in [2.75, 3.05) is 26.5 Å². The van der Waals surface area contributed by atoms with Crippen LogP contribution in [-0.4, -0.2) is 43.1 Å². The number of rotatable bonds is 7. The van der Waals surface area contributed by atoms with Crippen molar-refractivity contribution in [1.82, 2.24) is 4.98 Å². The van der Waals surface area contributed by atoms with Crippen LogP contribution < -0.4 is 10.5 Å². The standard InChI is InChI=1S/C20H22FN3O3/c1-20(13-26-12-19(22)24-20)15-4-2-3-14(9-15)10-18(25)17-6-5-16(11-23-17)27-8-7-21/h2-6,9,11H,7-8,10,12-13H2,1H3,(H2,22,24). The van der Waals surface area contributed by atoms with Crippen LogP contribution in [0.3, 0.4) is 0 Å². The number of halogens is 1. The minimum Gasteiger partial charge on any atom is -0.489 e. The first kappa shape index (κ1) is 19.0. The Labute approximate surface area is 157 Å². The summed E-state index contributed by atoms with van der Waals surface area (Å²) in [5.74, 6) is 0.786. The smallest absolute Gasteiger partial charge is 0.185 e. The summed E-state index contributed by atoms with van der Waals surface area (Å²) in [5.41, 5.74) is 7.39. The molecule has 1 aromatic heterocycles. The van der Waals surface area contributed by atoms with Crippen LogP contribution in [0.4, 0.5) is 4.39 Å². The summed E-state index contributed by atoms with van der Waals surface area (Å²) in [7, 11) is 0. The number of nitrogens with two attached hydrogens (primary N) is 1. The van der Waals surface area contributed by atoms with Gasteiger partial charge in [0.05, 0.1) is 12.8 Å². The first-order valence-corrected chi connectivity index (χ1v) is 8.69. The molecule has 2 heterocycles. The number of Topliss-reactive ketones (excluding diaryl/α,β-unsaturated/α-hetero) is 1. The summed E-state index contributed by atoms with van der Waals surface area (Å²) in [6.07, 6.45) is 1.64. The van der Waals surface area contributed by atoms with E-state index in [0.29, 0.717) is 30.5 Å². The Hall–Kier alpha value is -2.80. The third-order valence-corrected chi connectivity index (χ3v) is 4.30. The Balaban J connectivity index is 1.72. The second-order valence-electron chi connectivity index (χ2n) is 6.59. The molecule has 2 aromatic rings. The minimum absolute atomic E-state index is 0.0305. The van der Waals surface area contributed by atoms with Gasteiger partial charge in [-0.1, -0.05) is 24.3 Å². The molecule has 0 saturated carbocycles. The fourth-order valence-corrected chi connectivity index (χ4v) is 2.96. The quantitative estimate of drug-likeness (QED) is 0.756. The van der Waals surface area contributed by atoms with Crippen molar-refractivity contribution in [3.63, 3.8) is 0 Å². The maximum Gasteiger partial charge on any atom is 0.185 e. The molecule has 2 N–H and O–H groups in total. The molecule has 1 aromatic carbocycles. The summed E-state index contributed by atoms with van der Waals surface area (Å²) < 4.78 is 22.8. The van der Waals surface area contributed by atoms with E-state index in [4.69, 9.17) is 15.2 Å². The molecule has 6 nitrogen and oxygen atoms in total. The van der Waals surface area contributed by atoms with E-state index in [0.717, 1.165) is 11.1 Å². The molecule has 0 saturated heterocycles. The Bertz CT molecular complexity index is 839. The molecular weight excluding hydrogens is 349 g/mol. The van der Waals surface area contributed by atoms with E-state index in [2.05, 4.69) is 9.98 Å². The monoisotopic (exact) mass is 371 g/mol. The molecule has 0 radical (unpaired) electrons. The van der Waals surface area contributed by atoms with Gasteiger partial charge in [0, 0.05) is 6.42 Å². The zero-order valence-corrected chi connectivity index (χ0v) is 15.2. The van der Waals surface area contributed by atoms with Crippen molar-refractivity contribution in [2.45, 2.75) is 18.9 Å². The number of pyridine rings is 1. The Kier molecular flexibility index (Phi) is 5.81. The van der Waals surface area contributed by atoms with E-state index < -0.39 is 12.2 Å². The molecule has 27 heavy (non-hydrogen) atoms. The summed E-state index contributed by atoms with van der Waals surface area (Å²) >= 11 is 0. The summed E-state index contributed by atoms with van der Waals surface area (Å²) in [5, 5.41) is 0. The van der Waals surface area contributed by atoms with Gasteiger partial charge in [0.2, 0.25) is 0 Å². The number of alkyl halides is 1. The average molecular weight is 371 g/mol. The topological polar surface area (TPSA) is 86.8 Å². The molecule has 0 aliphatic carbocycles. The lowest BCUT2D eigenvalue weighted by molar-refractivity contribution is 0.0987. The molecular formula is C20H22FN3O3. The van der Waals surface area contributed by atoms with E-state index in [-0.39, 0.29) is 18.8 Å². The number of nitrogens with zero attached hydrogens (tertiary/aromatic N) is 2. The Morgan fingerprint density at radius 2 is 2.22 bits per heavy atom. The van der Waals surface area contributed by atoms with Crippen molar-refractivity contribution >= 4 is 11.6 Å². The summed E-state index contributed by atoms with van der Waals surface area (Å²) in [4.78, 5) is 21.2. The van der Waals surface area contributed by atoms with Gasteiger partial charge in [-0.3, -0.25) is 9.79 Å². The van der Waals surface area contributed by atoms with E-state index in [1.165, 1.54) is 6.20 Å². The highest BCUT2D eigenvalue weighted by Crippen LogP contribution is 2.29. The van der Waals surface area contributed by atoms with Crippen LogP contribution in [0.1, 0.15) is 28.5 Å². The predicted octanol–water partition coefficient (Wildman–Crippen LogP) is 2.46. The van der Waals surface area contributed by atoms with Crippen LogP contribution in [0, 0.1) is 0 Å². The molecule has 0 fully saturated rings. The second-order valence-corrected chi connectivity index (χ2v) is 6.59. The average Bonchev–Trinajstić information content (AvgIpc) is 2.67. The molecule has 0 spiro atoms. The van der Waals surface area contributed by atoms with Gasteiger partial charge < -0.3 is 15.2 Å². The van der Waals surface area contributed by atoms with Crippen LogP contribution in [-0.2, 0) is 16.7 Å². The zero-order valence-electron chi connectivity index (χ0n) is 15.2. The van der Waals surface area contributed by atoms with E-state index >= 15 is 0 Å². The lowest BCUT2D eigenvalue weighted by atomic mass is 9.90. The Morgan fingerprint density at radius 1 is 1.37 bits per heavy atom. The third-order valence-electron chi connectivity index (χ3n) is 4.30. The number of amidine groups is 1. The molecule has 0 amide bonds. The van der Waals surface area contributed by atoms with Gasteiger partial charge in [0.15, 0.2) is 5.78 Å². The Morgan fingerprint density at radius 3 is 2.93 bits per heavy atom. The largest absolute Gasteiger partial charge is 0.489 e. The van der Waals surface area contributed by atoms with Crippen molar-refractivity contribution in [1.29, 1.82) is 0 Å². The van der Waals surface area contributed by atoms with Gasteiger partial charge in [-0.05, 0) is 30.2 Å². The van der Waals surface area contributed by atoms with Gasteiger partial charge in [0.25, 0.3) is 0 Å². The molecule has 1 unspecified atom stereocenters. The van der Waals surface area contributed by atoms with E-state index in [9.17, 15) is 9.18 Å². The van der Waals surface area contributed by atoms with Gasteiger partial charge in [-0.25, -0.2) is 9.37 Å². The fraction of sp³-hybridized carbons (Fsp3) is 0.350. The number of ether oxygens (including phenoxy) is 2. The van der Waals surface area contributed by atoms with E-state index in [1.807, 2.05) is 31.2 Å². The SMILES string of the molecule is CC1(c2cccc(CC(=O)c3ccc(OCCF)cn3)c2)COCC(N)=N1. The van der Waals surface area contributed by atoms with Crippen LogP contribution in [0.15, 0.2) is 47.6 Å². The first-order chi connectivity index (χ1) is 13.0. The lowest BCUT2D eigenvalue weighted by Gasteiger charge is -2.30. The molecule has 7 heteroatoms. The molecule has 1 aliphatic heterocycles. The molecule has 0 bridgehead atoms. The first-order valence-electron chi connectivity index (χ1n) is 8.69. The minimum atomic E-state index is -0.573. The highest BCUT2D eigenvalue weighted by molar-refractivity contribution is 5.95. The number of ketones is 1. The normalized spacial score (nSPS) is 19.4. The maximum absolute atomic E-state index is 12.5. The van der Waals surface area contributed by atoms with Crippen molar-refractivity contribution in [2.24, 2.45) is 10.7 Å². The third kappa shape index (κ3) is 4.68. The van der Waals surface area contributed by atoms with Crippen LogP contribution in [0.25, 0.3) is 0 Å². The van der Waals surface area contributed by atoms with Gasteiger partial charge in [-0.2, -0.15) is 0 Å². The highest BCUT2D eigenvalue weighted by atomic mass is 19.1. The predicted molar refractivity (Wildman–Crippen MR) is 100.0 cm³/mol. The van der Waals surface area contributed by atoms with Gasteiger partial charge >= 0.3 is 0 Å². The van der Waals surface area contributed by atoms with Crippen molar-refractivity contribution in [3.8, 4) is 5.75 Å². The number of carbonyl (C=O) groups is 1. The van der Waals surface area contributed by atoms with Gasteiger partial charge in [0.1, 0.15) is 42.7 Å².